The van der Waals surface area contributed by atoms with Gasteiger partial charge in [0.2, 0.25) is 0 Å². The molecule has 4 rings (SSSR count). The molecule has 7 nitrogen and oxygen atoms in total. The Morgan fingerprint density at radius 2 is 2.04 bits per heavy atom. The van der Waals surface area contributed by atoms with Crippen LogP contribution in [-0.4, -0.2) is 70.0 Å². The molecule has 0 saturated carbocycles. The third-order valence-electron chi connectivity index (χ3n) is 5.55. The first-order valence-electron chi connectivity index (χ1n) is 8.85. The van der Waals surface area contributed by atoms with Crippen molar-refractivity contribution in [3.8, 4) is 0 Å². The lowest BCUT2D eigenvalue weighted by atomic mass is 10.0. The second-order valence-electron chi connectivity index (χ2n) is 7.20. The Morgan fingerprint density at radius 3 is 2.69 bits per heavy atom. The number of amides is 1. The van der Waals surface area contributed by atoms with E-state index in [1.807, 2.05) is 4.90 Å². The quantitative estimate of drug-likeness (QED) is 0.863. The highest BCUT2D eigenvalue weighted by atomic mass is 19.4. The second-order valence-corrected chi connectivity index (χ2v) is 7.20. The highest BCUT2D eigenvalue weighted by molar-refractivity contribution is 5.71. The molecular weight excluding hydrogens is 351 g/mol. The van der Waals surface area contributed by atoms with Crippen molar-refractivity contribution in [2.75, 3.05) is 26.2 Å². The molecular formula is C16H22F3N5O2. The van der Waals surface area contributed by atoms with Crippen LogP contribution in [0.25, 0.3) is 0 Å². The van der Waals surface area contributed by atoms with Crippen LogP contribution in [0.15, 0.2) is 6.07 Å². The molecule has 0 spiro atoms. The molecule has 26 heavy (non-hydrogen) atoms. The van der Waals surface area contributed by atoms with Gasteiger partial charge in [-0.15, -0.1) is 0 Å². The fourth-order valence-electron chi connectivity index (χ4n) is 4.16. The Balaban J connectivity index is 1.36. The van der Waals surface area contributed by atoms with E-state index in [-0.39, 0.29) is 24.3 Å². The summed E-state index contributed by atoms with van der Waals surface area (Å²) in [5, 5.41) is 6.81. The van der Waals surface area contributed by atoms with Crippen LogP contribution in [-0.2, 0) is 24.5 Å². The Morgan fingerprint density at radius 1 is 1.31 bits per heavy atom. The molecule has 10 heteroatoms. The highest BCUT2D eigenvalue weighted by Crippen LogP contribution is 2.31. The van der Waals surface area contributed by atoms with E-state index in [0.29, 0.717) is 18.8 Å². The van der Waals surface area contributed by atoms with E-state index in [2.05, 4.69) is 15.3 Å². The number of nitrogens with one attached hydrogen (secondary N) is 1. The van der Waals surface area contributed by atoms with Crippen molar-refractivity contribution >= 4 is 6.09 Å². The first kappa shape index (κ1) is 17.6. The molecule has 1 N–H and O–H groups in total. The number of hydrogen-bond acceptors (Lipinski definition) is 5. The van der Waals surface area contributed by atoms with Crippen LogP contribution in [0.1, 0.15) is 24.2 Å². The van der Waals surface area contributed by atoms with Crippen molar-refractivity contribution in [3.63, 3.8) is 0 Å². The molecule has 3 saturated heterocycles. The summed E-state index contributed by atoms with van der Waals surface area (Å²) in [5.74, 6) is 0. The number of piperidine rings is 1. The number of aromatic nitrogens is 2. The van der Waals surface area contributed by atoms with E-state index >= 15 is 0 Å². The summed E-state index contributed by atoms with van der Waals surface area (Å²) in [7, 11) is 1.53. The number of halogens is 3. The van der Waals surface area contributed by atoms with Gasteiger partial charge in [-0.2, -0.15) is 18.3 Å². The van der Waals surface area contributed by atoms with Crippen molar-refractivity contribution in [2.24, 2.45) is 7.05 Å². The molecule has 3 aliphatic heterocycles. The van der Waals surface area contributed by atoms with Gasteiger partial charge in [0.05, 0.1) is 11.7 Å². The minimum absolute atomic E-state index is 0.0595. The van der Waals surface area contributed by atoms with E-state index in [9.17, 15) is 18.0 Å². The van der Waals surface area contributed by atoms with Crippen LogP contribution in [0.5, 0.6) is 0 Å². The van der Waals surface area contributed by atoms with Crippen LogP contribution >= 0.6 is 0 Å². The van der Waals surface area contributed by atoms with Crippen molar-refractivity contribution in [2.45, 2.75) is 43.8 Å². The third kappa shape index (κ3) is 3.16. The van der Waals surface area contributed by atoms with Gasteiger partial charge in [-0.1, -0.05) is 0 Å². The maximum atomic E-state index is 12.8. The number of fused-ring (bicyclic) bond motifs is 1. The number of aryl methyl sites for hydroxylation is 1. The summed E-state index contributed by atoms with van der Waals surface area (Å²) < 4.78 is 45.1. The largest absolute Gasteiger partial charge is 0.442 e. The zero-order chi connectivity index (χ0) is 18.5. The number of alkyl halides is 3. The van der Waals surface area contributed by atoms with Crippen molar-refractivity contribution < 1.29 is 22.7 Å². The molecule has 3 fully saturated rings. The Kier molecular flexibility index (Phi) is 4.34. The fraction of sp³-hybridized carbons (Fsp3) is 0.750. The maximum Gasteiger partial charge on any atom is 0.435 e. The average Bonchev–Trinajstić information content (AvgIpc) is 3.23. The standard InChI is InChI=1S/C16H22F3N5O2/c1-22-11(6-14(21-22)16(17,18)19)9-23-4-2-10(3-5-23)24-12-7-20-8-13(12)26-15(24)25/h6,10,12-13,20H,2-5,7-9H2,1H3/t12-,13+/m1/s1. The van der Waals surface area contributed by atoms with Crippen LogP contribution in [0.3, 0.4) is 0 Å². The molecule has 0 unspecified atom stereocenters. The van der Waals surface area contributed by atoms with Crippen LogP contribution in [0.2, 0.25) is 0 Å². The first-order chi connectivity index (χ1) is 12.3. The predicted molar refractivity (Wildman–Crippen MR) is 85.3 cm³/mol. The molecule has 0 bridgehead atoms. The van der Waals surface area contributed by atoms with Crippen LogP contribution in [0, 0.1) is 0 Å². The molecule has 1 aromatic rings. The Bertz CT molecular complexity index is 684. The summed E-state index contributed by atoms with van der Waals surface area (Å²) in [5.41, 5.74) is -0.319. The van der Waals surface area contributed by atoms with Gasteiger partial charge < -0.3 is 10.1 Å². The molecule has 0 radical (unpaired) electrons. The lowest BCUT2D eigenvalue weighted by Crippen LogP contribution is -2.49. The minimum atomic E-state index is -4.43. The topological polar surface area (TPSA) is 62.6 Å². The number of ether oxygens (including phenoxy) is 1. The SMILES string of the molecule is Cn1nc(C(F)(F)F)cc1CN1CCC(N2C(=O)O[C@H]3CNC[C@H]32)CC1. The molecule has 1 aromatic heterocycles. The molecule has 3 aliphatic rings. The lowest BCUT2D eigenvalue weighted by molar-refractivity contribution is -0.141. The number of carbonyl (C=O) groups excluding carboxylic acids is 1. The van der Waals surface area contributed by atoms with Gasteiger partial charge in [0.25, 0.3) is 0 Å². The molecule has 1 amide bonds. The zero-order valence-electron chi connectivity index (χ0n) is 14.5. The normalized spacial score (nSPS) is 27.8. The van der Waals surface area contributed by atoms with E-state index in [1.54, 1.807) is 0 Å². The number of rotatable bonds is 3. The van der Waals surface area contributed by atoms with Gasteiger partial charge in [0.1, 0.15) is 6.10 Å². The smallest absolute Gasteiger partial charge is 0.435 e. The minimum Gasteiger partial charge on any atom is -0.442 e. The van der Waals surface area contributed by atoms with Gasteiger partial charge in [0, 0.05) is 45.8 Å². The lowest BCUT2D eigenvalue weighted by Gasteiger charge is -2.37. The summed E-state index contributed by atoms with van der Waals surface area (Å²) in [6, 6.07) is 1.34. The zero-order valence-corrected chi connectivity index (χ0v) is 14.5. The van der Waals surface area contributed by atoms with Gasteiger partial charge in [-0.3, -0.25) is 14.5 Å². The van der Waals surface area contributed by atoms with E-state index < -0.39 is 11.9 Å². The second kappa shape index (κ2) is 6.41. The molecule has 2 atom stereocenters. The number of likely N-dealkylation sites (tertiary alicyclic amines) is 1. The van der Waals surface area contributed by atoms with Crippen molar-refractivity contribution in [1.82, 2.24) is 24.9 Å². The van der Waals surface area contributed by atoms with E-state index in [0.717, 1.165) is 38.5 Å². The molecule has 144 valence electrons. The molecule has 4 heterocycles. The Hall–Kier alpha value is -1.81. The van der Waals surface area contributed by atoms with Gasteiger partial charge >= 0.3 is 12.3 Å². The number of nitrogens with zero attached hydrogens (tertiary/aromatic N) is 4. The summed E-state index contributed by atoms with van der Waals surface area (Å²) >= 11 is 0. The van der Waals surface area contributed by atoms with Gasteiger partial charge in [-0.25, -0.2) is 4.79 Å². The summed E-state index contributed by atoms with van der Waals surface area (Å²) in [4.78, 5) is 16.1. The number of carbonyl (C=O) groups is 1. The monoisotopic (exact) mass is 373 g/mol. The number of hydrogen-bond donors (Lipinski definition) is 1. The summed E-state index contributed by atoms with van der Waals surface area (Å²) in [6.45, 7) is 3.33. The summed E-state index contributed by atoms with van der Waals surface area (Å²) in [6.07, 6.45) is -3.13. The van der Waals surface area contributed by atoms with E-state index in [4.69, 9.17) is 4.74 Å². The van der Waals surface area contributed by atoms with Crippen molar-refractivity contribution in [3.05, 3.63) is 17.5 Å². The predicted octanol–water partition coefficient (Wildman–Crippen LogP) is 1.20. The van der Waals surface area contributed by atoms with Crippen LogP contribution < -0.4 is 5.32 Å². The molecule has 0 aromatic carbocycles. The Labute approximate surface area is 149 Å². The highest BCUT2D eigenvalue weighted by Gasteiger charge is 2.47. The average molecular weight is 373 g/mol. The third-order valence-corrected chi connectivity index (χ3v) is 5.55. The fourth-order valence-corrected chi connectivity index (χ4v) is 4.16. The van der Waals surface area contributed by atoms with Gasteiger partial charge in [0.15, 0.2) is 5.69 Å². The first-order valence-corrected chi connectivity index (χ1v) is 8.85. The van der Waals surface area contributed by atoms with E-state index in [1.165, 1.54) is 11.7 Å². The maximum absolute atomic E-state index is 12.8. The van der Waals surface area contributed by atoms with Crippen molar-refractivity contribution in [1.29, 1.82) is 0 Å². The molecule has 0 aliphatic carbocycles. The van der Waals surface area contributed by atoms with Crippen LogP contribution in [0.4, 0.5) is 18.0 Å². The van der Waals surface area contributed by atoms with Gasteiger partial charge in [-0.05, 0) is 18.9 Å².